The number of aromatic carboxylic acids is 1. The van der Waals surface area contributed by atoms with Gasteiger partial charge in [0, 0.05) is 29.5 Å². The first-order valence-electron chi connectivity index (χ1n) is 11.7. The van der Waals surface area contributed by atoms with Gasteiger partial charge in [-0.25, -0.2) is 22.9 Å². The Morgan fingerprint density at radius 1 is 1.03 bits per heavy atom. The van der Waals surface area contributed by atoms with Gasteiger partial charge in [-0.15, -0.1) is 0 Å². The van der Waals surface area contributed by atoms with Crippen LogP contribution in [0.25, 0.3) is 22.0 Å². The van der Waals surface area contributed by atoms with Gasteiger partial charge in [0.25, 0.3) is 0 Å². The highest BCUT2D eigenvalue weighted by molar-refractivity contribution is 7.89. The van der Waals surface area contributed by atoms with Gasteiger partial charge in [0.05, 0.1) is 42.7 Å². The maximum absolute atomic E-state index is 12.9. The lowest BCUT2D eigenvalue weighted by molar-refractivity contribution is 0.0696. The van der Waals surface area contributed by atoms with Crippen LogP contribution in [0.2, 0.25) is 0 Å². The summed E-state index contributed by atoms with van der Waals surface area (Å²) < 4.78 is 44.3. The lowest BCUT2D eigenvalue weighted by atomic mass is 10.0. The molecule has 12 nitrogen and oxygen atoms in total. The highest BCUT2D eigenvalue weighted by Gasteiger charge is 2.22. The second kappa shape index (κ2) is 11.1. The quantitative estimate of drug-likeness (QED) is 0.261. The molecule has 0 bridgehead atoms. The Bertz CT molecular complexity index is 1660. The number of benzene rings is 2. The molecule has 0 fully saturated rings. The lowest BCUT2D eigenvalue weighted by Crippen LogP contribution is -2.20. The Kier molecular flexibility index (Phi) is 7.83. The molecule has 0 radical (unpaired) electrons. The molecule has 0 atom stereocenters. The van der Waals surface area contributed by atoms with Crippen molar-refractivity contribution in [1.29, 1.82) is 0 Å². The van der Waals surface area contributed by atoms with Crippen molar-refractivity contribution in [3.8, 4) is 28.8 Å². The first kappa shape index (κ1) is 27.5. The van der Waals surface area contributed by atoms with Crippen molar-refractivity contribution in [3.05, 3.63) is 54.4 Å². The van der Waals surface area contributed by atoms with Gasteiger partial charge in [-0.1, -0.05) is 12.1 Å². The van der Waals surface area contributed by atoms with E-state index in [1.54, 1.807) is 30.5 Å². The van der Waals surface area contributed by atoms with Crippen LogP contribution in [0.1, 0.15) is 24.2 Å². The number of sulfonamides is 1. The minimum atomic E-state index is -3.95. The third-order valence-electron chi connectivity index (χ3n) is 5.61. The highest BCUT2D eigenvalue weighted by atomic mass is 32.2. The smallest absolute Gasteiger partial charge is 0.335 e. The Hall–Kier alpha value is -4.49. The molecule has 4 rings (SSSR count). The summed E-state index contributed by atoms with van der Waals surface area (Å²) in [4.78, 5) is 24.4. The average Bonchev–Trinajstić information content (AvgIpc) is 2.91. The molecule has 0 aliphatic heterocycles. The second-order valence-corrected chi connectivity index (χ2v) is 10.4. The van der Waals surface area contributed by atoms with Crippen molar-refractivity contribution in [2.24, 2.45) is 0 Å². The zero-order valence-electron chi connectivity index (χ0n) is 21.8. The Morgan fingerprint density at radius 3 is 2.44 bits per heavy atom. The summed E-state index contributed by atoms with van der Waals surface area (Å²) >= 11 is 0. The molecular weight excluding hydrogens is 526 g/mol. The van der Waals surface area contributed by atoms with Gasteiger partial charge in [0.1, 0.15) is 10.6 Å². The zero-order chi connectivity index (χ0) is 28.3. The van der Waals surface area contributed by atoms with Crippen LogP contribution in [0.5, 0.6) is 17.6 Å². The highest BCUT2D eigenvalue weighted by Crippen LogP contribution is 2.37. The largest absolute Gasteiger partial charge is 0.491 e. The summed E-state index contributed by atoms with van der Waals surface area (Å²) in [6.07, 6.45) is 2.58. The predicted molar refractivity (Wildman–Crippen MR) is 145 cm³/mol. The number of fused-ring (bicyclic) bond motifs is 1. The number of aromatic nitrogens is 3. The molecule has 0 unspecified atom stereocenters. The molecule has 2 heterocycles. The second-order valence-electron chi connectivity index (χ2n) is 8.56. The molecule has 0 spiro atoms. The number of carboxylic acids is 1. The third kappa shape index (κ3) is 5.84. The fourth-order valence-electron chi connectivity index (χ4n) is 3.87. The number of hydrogen-bond acceptors (Lipinski definition) is 10. The molecule has 204 valence electrons. The van der Waals surface area contributed by atoms with Crippen LogP contribution >= 0.6 is 0 Å². The predicted octanol–water partition coefficient (Wildman–Crippen LogP) is 3.85. The SMILES string of the molecule is CNS(=O)(=O)c1cnc2cc(-c3cnc(OC)nc3OC)ccc2c1Nc1cc(OC(C)C)cc(C(=O)O)c1. The van der Waals surface area contributed by atoms with E-state index in [-0.39, 0.29) is 34.1 Å². The van der Waals surface area contributed by atoms with Crippen LogP contribution in [0.15, 0.2) is 53.7 Å². The topological polar surface area (TPSA) is 162 Å². The van der Waals surface area contributed by atoms with E-state index >= 15 is 0 Å². The Morgan fingerprint density at radius 2 is 1.79 bits per heavy atom. The number of carbonyl (C=O) groups is 1. The van der Waals surface area contributed by atoms with E-state index in [0.717, 1.165) is 0 Å². The van der Waals surface area contributed by atoms with E-state index < -0.39 is 16.0 Å². The fourth-order valence-corrected chi connectivity index (χ4v) is 4.71. The molecular formula is C26H27N5O7S. The van der Waals surface area contributed by atoms with E-state index in [0.29, 0.717) is 33.5 Å². The summed E-state index contributed by atoms with van der Waals surface area (Å²) in [5, 5.41) is 13.2. The van der Waals surface area contributed by atoms with E-state index in [1.807, 2.05) is 13.8 Å². The molecule has 0 saturated heterocycles. The number of nitrogens with one attached hydrogen (secondary N) is 2. The van der Waals surface area contributed by atoms with Crippen molar-refractivity contribution in [2.45, 2.75) is 24.8 Å². The van der Waals surface area contributed by atoms with E-state index in [1.165, 1.54) is 39.6 Å². The first-order valence-corrected chi connectivity index (χ1v) is 13.2. The molecule has 0 amide bonds. The summed E-state index contributed by atoms with van der Waals surface area (Å²) in [5.41, 5.74) is 2.20. The summed E-state index contributed by atoms with van der Waals surface area (Å²) in [5.74, 6) is -0.551. The van der Waals surface area contributed by atoms with Gasteiger partial charge >= 0.3 is 12.0 Å². The van der Waals surface area contributed by atoms with Gasteiger partial charge in [-0.2, -0.15) is 4.98 Å². The van der Waals surface area contributed by atoms with Gasteiger partial charge in [0.15, 0.2) is 0 Å². The van der Waals surface area contributed by atoms with Crippen molar-refractivity contribution >= 4 is 38.3 Å². The van der Waals surface area contributed by atoms with Crippen LogP contribution in [0.3, 0.4) is 0 Å². The lowest BCUT2D eigenvalue weighted by Gasteiger charge is -2.17. The number of rotatable bonds is 10. The van der Waals surface area contributed by atoms with Crippen LogP contribution in [-0.4, -0.2) is 61.8 Å². The van der Waals surface area contributed by atoms with Crippen LogP contribution in [-0.2, 0) is 10.0 Å². The molecule has 3 N–H and O–H groups in total. The first-order chi connectivity index (χ1) is 18.6. The van der Waals surface area contributed by atoms with Crippen molar-refractivity contribution in [2.75, 3.05) is 26.6 Å². The Labute approximate surface area is 225 Å². The van der Waals surface area contributed by atoms with Crippen molar-refractivity contribution in [3.63, 3.8) is 0 Å². The monoisotopic (exact) mass is 553 g/mol. The van der Waals surface area contributed by atoms with Gasteiger partial charge < -0.3 is 24.6 Å². The molecule has 4 aromatic rings. The summed E-state index contributed by atoms with van der Waals surface area (Å²) in [7, 11) is 0.265. The molecule has 0 aliphatic carbocycles. The maximum atomic E-state index is 12.9. The molecule has 0 saturated carbocycles. The van der Waals surface area contributed by atoms with Gasteiger partial charge in [0.2, 0.25) is 15.9 Å². The van der Waals surface area contributed by atoms with Crippen LogP contribution in [0.4, 0.5) is 11.4 Å². The van der Waals surface area contributed by atoms with Gasteiger partial charge in [-0.3, -0.25) is 4.98 Å². The number of hydrogen-bond donors (Lipinski definition) is 3. The van der Waals surface area contributed by atoms with Crippen LogP contribution in [0, 0.1) is 0 Å². The van der Waals surface area contributed by atoms with E-state index in [9.17, 15) is 18.3 Å². The zero-order valence-corrected chi connectivity index (χ0v) is 22.7. The van der Waals surface area contributed by atoms with Crippen molar-refractivity contribution < 1.29 is 32.5 Å². The number of pyridine rings is 1. The normalized spacial score (nSPS) is 11.4. The number of nitrogens with zero attached hydrogens (tertiary/aromatic N) is 3. The van der Waals surface area contributed by atoms with E-state index in [2.05, 4.69) is 25.0 Å². The molecule has 13 heteroatoms. The van der Waals surface area contributed by atoms with Crippen LogP contribution < -0.4 is 24.2 Å². The molecule has 2 aromatic heterocycles. The third-order valence-corrected chi connectivity index (χ3v) is 7.03. The number of ether oxygens (including phenoxy) is 3. The minimum absolute atomic E-state index is 0.0269. The van der Waals surface area contributed by atoms with Crippen molar-refractivity contribution in [1.82, 2.24) is 19.7 Å². The van der Waals surface area contributed by atoms with Gasteiger partial charge in [-0.05, 0) is 44.7 Å². The molecule has 39 heavy (non-hydrogen) atoms. The standard InChI is InChI=1S/C26H27N5O7S/c1-14(2)38-18-9-16(25(32)33)8-17(11-18)30-23-19-7-6-15(20-12-29-26(37-5)31-24(20)36-4)10-21(19)28-13-22(23)39(34,35)27-3/h6-14,27H,1-5H3,(H,28,30)(H,32,33). The molecule has 2 aromatic carbocycles. The minimum Gasteiger partial charge on any atom is -0.491 e. The average molecular weight is 554 g/mol. The number of anilines is 2. The molecule has 0 aliphatic rings. The fraction of sp³-hybridized carbons (Fsp3) is 0.231. The summed E-state index contributed by atoms with van der Waals surface area (Å²) in [6.45, 7) is 3.63. The number of methoxy groups -OCH3 is 2. The maximum Gasteiger partial charge on any atom is 0.335 e. The van der Waals surface area contributed by atoms with E-state index in [4.69, 9.17) is 14.2 Å². The number of carboxylic acid groups (broad SMARTS) is 1. The summed E-state index contributed by atoms with van der Waals surface area (Å²) in [6, 6.07) is 9.73. The Balaban J connectivity index is 1.90.